The molecule has 0 aliphatic carbocycles. The molecule has 0 atom stereocenters. The van der Waals surface area contributed by atoms with Gasteiger partial charge in [-0.25, -0.2) is 24.1 Å². The van der Waals surface area contributed by atoms with Gasteiger partial charge in [0.05, 0.1) is 18.0 Å². The lowest BCUT2D eigenvalue weighted by Crippen LogP contribution is -2.44. The van der Waals surface area contributed by atoms with Crippen molar-refractivity contribution in [3.63, 3.8) is 0 Å². The van der Waals surface area contributed by atoms with Crippen LogP contribution in [-0.2, 0) is 6.42 Å². The van der Waals surface area contributed by atoms with Crippen LogP contribution >= 0.6 is 0 Å². The second kappa shape index (κ2) is 14.8. The first-order valence-electron chi connectivity index (χ1n) is 16.3. The number of piperazine rings is 1. The van der Waals surface area contributed by atoms with Crippen LogP contribution in [0.5, 0.6) is 11.5 Å². The van der Waals surface area contributed by atoms with E-state index < -0.39 is 11.9 Å². The molecule has 0 spiro atoms. The summed E-state index contributed by atoms with van der Waals surface area (Å²) in [6, 6.07) is 15.6. The molecule has 1 amide bonds. The van der Waals surface area contributed by atoms with Gasteiger partial charge in [-0.1, -0.05) is 25.1 Å². The summed E-state index contributed by atoms with van der Waals surface area (Å²) < 4.78 is 28.7. The Morgan fingerprint density at radius 1 is 1.02 bits per heavy atom. The van der Waals surface area contributed by atoms with E-state index in [-0.39, 0.29) is 17.5 Å². The van der Waals surface area contributed by atoms with Crippen LogP contribution in [0.1, 0.15) is 30.2 Å². The molecule has 6 rings (SSSR count). The molecule has 12 heteroatoms. The monoisotopic (exact) mass is 652 g/mol. The Hall–Kier alpha value is -5.07. The zero-order valence-electron chi connectivity index (χ0n) is 27.8. The molecule has 5 aromatic rings. The Bertz CT molecular complexity index is 1870. The van der Waals surface area contributed by atoms with Crippen LogP contribution in [0.3, 0.4) is 0 Å². The maximum atomic E-state index is 15.1. The van der Waals surface area contributed by atoms with Crippen molar-refractivity contribution in [2.75, 3.05) is 56.6 Å². The third-order valence-electron chi connectivity index (χ3n) is 8.43. The van der Waals surface area contributed by atoms with Crippen molar-refractivity contribution in [3.05, 3.63) is 95.8 Å². The molecule has 2 aromatic carbocycles. The standard InChI is InChI=1S/C36H41FN8O3/c1-5-27-24-44-17-7-11-30(34(44)39-27)45(36(46)48-33-25(2)9-6-10-26(33)3)32-14-15-38-35(41-32)40-28-12-13-31(29(37)23-28)47-22-8-16-43-20-18-42(4)19-21-43/h6-7,9-15,17,23-24H,5,8,16,18-22H2,1-4H3,(H,38,40,41). The SMILES string of the molecule is CCc1cn2cccc(N(C(=O)Oc3c(C)cccc3C)c3ccnc(Nc4ccc(OCCCN5CCN(C)CC5)c(F)c4)n3)c2n1. The number of carbonyl (C=O) groups is 1. The number of aromatic nitrogens is 4. The van der Waals surface area contributed by atoms with Gasteiger partial charge in [-0.3, -0.25) is 0 Å². The first-order valence-corrected chi connectivity index (χ1v) is 16.3. The highest BCUT2D eigenvalue weighted by Gasteiger charge is 2.26. The summed E-state index contributed by atoms with van der Waals surface area (Å²) in [7, 11) is 2.13. The fourth-order valence-corrected chi connectivity index (χ4v) is 5.70. The Morgan fingerprint density at radius 3 is 2.56 bits per heavy atom. The summed E-state index contributed by atoms with van der Waals surface area (Å²) in [6.07, 6.45) is 6.22. The van der Waals surface area contributed by atoms with Crippen LogP contribution in [0.4, 0.5) is 32.3 Å². The second-order valence-corrected chi connectivity index (χ2v) is 12.0. The number of nitrogens with zero attached hydrogens (tertiary/aromatic N) is 7. The van der Waals surface area contributed by atoms with E-state index in [1.54, 1.807) is 24.3 Å². The molecule has 4 heterocycles. The number of aryl methyl sites for hydroxylation is 3. The minimum atomic E-state index is -0.661. The van der Waals surface area contributed by atoms with E-state index in [1.807, 2.05) is 61.8 Å². The molecule has 0 radical (unpaired) electrons. The quantitative estimate of drug-likeness (QED) is 0.160. The lowest BCUT2D eigenvalue weighted by Gasteiger charge is -2.32. The summed E-state index contributed by atoms with van der Waals surface area (Å²) in [6.45, 7) is 11.4. The van der Waals surface area contributed by atoms with Crippen LogP contribution < -0.4 is 19.7 Å². The third kappa shape index (κ3) is 7.56. The Kier molecular flexibility index (Phi) is 10.1. The van der Waals surface area contributed by atoms with Crippen LogP contribution in [0, 0.1) is 19.7 Å². The van der Waals surface area contributed by atoms with Crippen molar-refractivity contribution in [2.24, 2.45) is 0 Å². The van der Waals surface area contributed by atoms with Gasteiger partial charge in [-0.05, 0) is 69.1 Å². The number of nitrogens with one attached hydrogen (secondary N) is 1. The molecule has 11 nitrogen and oxygen atoms in total. The van der Waals surface area contributed by atoms with Crippen molar-refractivity contribution in [1.82, 2.24) is 29.2 Å². The average molecular weight is 653 g/mol. The molecule has 250 valence electrons. The lowest BCUT2D eigenvalue weighted by atomic mass is 10.1. The van der Waals surface area contributed by atoms with Gasteiger partial charge in [0.1, 0.15) is 11.6 Å². The van der Waals surface area contributed by atoms with E-state index in [0.717, 1.165) is 62.4 Å². The predicted octanol–water partition coefficient (Wildman–Crippen LogP) is 6.54. The number of ether oxygens (including phenoxy) is 2. The van der Waals surface area contributed by atoms with Crippen molar-refractivity contribution < 1.29 is 18.7 Å². The highest BCUT2D eigenvalue weighted by atomic mass is 19.1. The summed E-state index contributed by atoms with van der Waals surface area (Å²) in [5, 5.41) is 3.06. The summed E-state index contributed by atoms with van der Waals surface area (Å²) in [4.78, 5) is 33.9. The number of fused-ring (bicyclic) bond motifs is 1. The fraction of sp³-hybridized carbons (Fsp3) is 0.333. The molecule has 1 aliphatic rings. The van der Waals surface area contributed by atoms with Crippen molar-refractivity contribution in [1.29, 1.82) is 0 Å². The third-order valence-corrected chi connectivity index (χ3v) is 8.43. The van der Waals surface area contributed by atoms with Gasteiger partial charge >= 0.3 is 6.09 Å². The number of benzene rings is 2. The van der Waals surface area contributed by atoms with Crippen molar-refractivity contribution in [2.45, 2.75) is 33.6 Å². The number of hydrogen-bond acceptors (Lipinski definition) is 9. The Balaban J connectivity index is 1.21. The number of pyridine rings is 1. The van der Waals surface area contributed by atoms with Gasteiger partial charge in [0.2, 0.25) is 5.95 Å². The molecule has 0 unspecified atom stereocenters. The number of imidazole rings is 1. The first-order chi connectivity index (χ1) is 23.3. The molecule has 3 aromatic heterocycles. The van der Waals surface area contributed by atoms with E-state index in [9.17, 15) is 4.79 Å². The van der Waals surface area contributed by atoms with Crippen LogP contribution in [0.15, 0.2) is 73.2 Å². The number of amides is 1. The van der Waals surface area contributed by atoms with E-state index in [4.69, 9.17) is 14.5 Å². The number of likely N-dealkylation sites (N-methyl/N-ethyl adjacent to an activating group) is 1. The van der Waals surface area contributed by atoms with Gasteiger partial charge in [0.15, 0.2) is 17.2 Å². The topological polar surface area (TPSA) is 100 Å². The minimum Gasteiger partial charge on any atom is -0.490 e. The molecular weight excluding hydrogens is 611 g/mol. The summed E-state index contributed by atoms with van der Waals surface area (Å²) >= 11 is 0. The van der Waals surface area contributed by atoms with Crippen molar-refractivity contribution in [3.8, 4) is 11.5 Å². The van der Waals surface area contributed by atoms with Crippen LogP contribution in [0.25, 0.3) is 5.65 Å². The van der Waals surface area contributed by atoms with Crippen molar-refractivity contribution >= 4 is 34.9 Å². The van der Waals surface area contributed by atoms with Crippen LogP contribution in [-0.4, -0.2) is 81.6 Å². The maximum absolute atomic E-state index is 15.1. The maximum Gasteiger partial charge on any atom is 0.425 e. The average Bonchev–Trinajstić information content (AvgIpc) is 3.51. The van der Waals surface area contributed by atoms with Gasteiger partial charge in [0, 0.05) is 69.1 Å². The zero-order chi connectivity index (χ0) is 33.6. The number of hydrogen-bond donors (Lipinski definition) is 1. The largest absolute Gasteiger partial charge is 0.490 e. The summed E-state index contributed by atoms with van der Waals surface area (Å²) in [5.74, 6) is 0.586. The van der Waals surface area contributed by atoms with Gasteiger partial charge < -0.3 is 29.0 Å². The number of rotatable bonds is 11. The second-order valence-electron chi connectivity index (χ2n) is 12.0. The normalized spacial score (nSPS) is 13.9. The molecule has 1 fully saturated rings. The molecule has 0 saturated carbocycles. The summed E-state index contributed by atoms with van der Waals surface area (Å²) in [5.41, 5.74) is 4.01. The molecule has 1 aliphatic heterocycles. The van der Waals surface area contributed by atoms with E-state index in [0.29, 0.717) is 29.4 Å². The van der Waals surface area contributed by atoms with E-state index in [2.05, 4.69) is 32.1 Å². The van der Waals surface area contributed by atoms with Gasteiger partial charge in [0.25, 0.3) is 0 Å². The smallest absolute Gasteiger partial charge is 0.425 e. The highest BCUT2D eigenvalue weighted by Crippen LogP contribution is 2.32. The number of anilines is 4. The molecule has 1 N–H and O–H groups in total. The minimum absolute atomic E-state index is 0.169. The zero-order valence-corrected chi connectivity index (χ0v) is 27.8. The van der Waals surface area contributed by atoms with E-state index in [1.165, 1.54) is 17.2 Å². The Labute approximate surface area is 280 Å². The number of carbonyl (C=O) groups excluding carboxylic acids is 1. The van der Waals surface area contributed by atoms with Crippen LogP contribution in [0.2, 0.25) is 0 Å². The first kappa shape index (κ1) is 32.9. The number of para-hydroxylation sites is 1. The van der Waals surface area contributed by atoms with E-state index >= 15 is 4.39 Å². The molecular formula is C36H41FN8O3. The van der Waals surface area contributed by atoms with Gasteiger partial charge in [-0.15, -0.1) is 0 Å². The van der Waals surface area contributed by atoms with Gasteiger partial charge in [-0.2, -0.15) is 4.98 Å². The molecule has 48 heavy (non-hydrogen) atoms. The fourth-order valence-electron chi connectivity index (χ4n) is 5.70. The highest BCUT2D eigenvalue weighted by molar-refractivity contribution is 6.00. The predicted molar refractivity (Wildman–Crippen MR) is 184 cm³/mol. The Morgan fingerprint density at radius 2 is 1.81 bits per heavy atom. The molecule has 0 bridgehead atoms. The number of halogens is 1. The molecule has 1 saturated heterocycles. The lowest BCUT2D eigenvalue weighted by molar-refractivity contribution is 0.145.